The van der Waals surface area contributed by atoms with E-state index in [0.29, 0.717) is 49.9 Å². The molecule has 0 aromatic rings. The Morgan fingerprint density at radius 1 is 0.351 bits per heavy atom. The molecule has 3 heteroatoms. The smallest absolute Gasteiger partial charge is 0.409 e. The number of fused-ring (bicyclic) bond motifs is 8. The minimum Gasteiger partial charge on any atom is -0.450 e. The first-order chi connectivity index (χ1) is 43.5. The van der Waals surface area contributed by atoms with Gasteiger partial charge in [-0.15, -0.1) is 0 Å². The highest BCUT2D eigenvalue weighted by molar-refractivity contribution is 5.67. The van der Waals surface area contributed by atoms with Crippen molar-refractivity contribution in [3.63, 3.8) is 0 Å². The van der Waals surface area contributed by atoms with E-state index in [1.165, 1.54) is 180 Å². The highest BCUT2D eigenvalue weighted by atomic mass is 16.6. The van der Waals surface area contributed by atoms with Crippen LogP contribution in [0.3, 0.4) is 0 Å². The molecule has 552 valence electrons. The summed E-state index contributed by atoms with van der Waals surface area (Å²) >= 11 is 0. The molecule has 3 nitrogen and oxygen atoms in total. The molecule has 1 amide bonds. The van der Waals surface area contributed by atoms with Crippen molar-refractivity contribution in [1.82, 2.24) is 4.90 Å². The zero-order chi connectivity index (χ0) is 70.1. The predicted molar refractivity (Wildman–Crippen MR) is 415 cm³/mol. The van der Waals surface area contributed by atoms with Crippen LogP contribution in [0.25, 0.3) is 0 Å². The molecule has 11 aliphatic carbocycles. The monoisotopic (exact) mass is 1310 g/mol. The van der Waals surface area contributed by atoms with Gasteiger partial charge in [-0.25, -0.2) is 4.79 Å². The number of rotatable bonds is 4. The van der Waals surface area contributed by atoms with E-state index in [0.717, 1.165) is 121 Å². The van der Waals surface area contributed by atoms with Crippen molar-refractivity contribution in [2.75, 3.05) is 19.7 Å². The Morgan fingerprint density at radius 2 is 0.745 bits per heavy atom. The molecular weight excluding hydrogens is 1140 g/mol. The van der Waals surface area contributed by atoms with Gasteiger partial charge in [-0.2, -0.15) is 0 Å². The topological polar surface area (TPSA) is 29.5 Å². The van der Waals surface area contributed by atoms with Crippen LogP contribution in [0.2, 0.25) is 0 Å². The maximum absolute atomic E-state index is 11.5. The summed E-state index contributed by atoms with van der Waals surface area (Å²) in [6, 6.07) is 0. The highest BCUT2D eigenvalue weighted by Crippen LogP contribution is 2.55. The van der Waals surface area contributed by atoms with Crippen LogP contribution in [-0.2, 0) is 4.74 Å². The van der Waals surface area contributed by atoms with E-state index in [2.05, 4.69) is 178 Å². The number of nitrogens with zero attached hydrogens (tertiary/aromatic N) is 1. The molecule has 0 N–H and O–H groups in total. The number of likely N-dealkylation sites (tertiary alicyclic amines) is 1. The van der Waals surface area contributed by atoms with Crippen LogP contribution in [0.5, 0.6) is 0 Å². The lowest BCUT2D eigenvalue weighted by molar-refractivity contribution is 0.0736. The highest BCUT2D eigenvalue weighted by Gasteiger charge is 2.45. The van der Waals surface area contributed by atoms with Gasteiger partial charge in [0.2, 0.25) is 0 Å². The molecule has 0 spiro atoms. The summed E-state index contributed by atoms with van der Waals surface area (Å²) in [5.41, 5.74) is 4.30. The second-order valence-corrected chi connectivity index (χ2v) is 44.1. The number of carbonyl (C=O) groups is 1. The minimum atomic E-state index is -0.148. The van der Waals surface area contributed by atoms with Crippen LogP contribution in [0.4, 0.5) is 4.79 Å². The molecule has 1 heterocycles. The van der Waals surface area contributed by atoms with Gasteiger partial charge in [0.1, 0.15) is 0 Å². The van der Waals surface area contributed by atoms with Gasteiger partial charge in [-0.1, -0.05) is 281 Å². The molecular formula is C91H171NO2. The molecule has 8 bridgehead atoms. The van der Waals surface area contributed by atoms with Crippen LogP contribution in [0.15, 0.2) is 12.2 Å². The second-order valence-electron chi connectivity index (χ2n) is 44.1. The van der Waals surface area contributed by atoms with Crippen molar-refractivity contribution in [2.45, 2.75) is 404 Å². The summed E-state index contributed by atoms with van der Waals surface area (Å²) in [5, 5.41) is 0. The fourth-order valence-electron chi connectivity index (χ4n) is 21.4. The summed E-state index contributed by atoms with van der Waals surface area (Å²) < 4.78 is 4.99. The Kier molecular flexibility index (Phi) is 33.2. The SMILES string of the molecule is CC(C)(C)C1CC2CCC(C2)C1.CC(C)(C)C1CC2CCC1C2.CC(C)(C)C1CCCCC1.CC(C)(C)C1CCCCCC1.CC(C)(C)CC1CC2C=CC1C2.CC(C)(C)CC1CC2CCC1C2.CC(C)(C)CC1CCCCC1.CCOC(=O)N1CCC(C(C)(C)C)CC1. The summed E-state index contributed by atoms with van der Waals surface area (Å²) in [6.45, 7) is 61.0. The average molecular weight is 1310 g/mol. The fraction of sp³-hybridized carbons (Fsp3) is 0.967. The normalized spacial score (nSPS) is 31.4. The molecule has 10 saturated carbocycles. The third-order valence-corrected chi connectivity index (χ3v) is 26.8. The Bertz CT molecular complexity index is 2070. The van der Waals surface area contributed by atoms with E-state index in [1.54, 1.807) is 38.5 Å². The molecule has 0 aromatic carbocycles. The number of amides is 1. The Morgan fingerprint density at radius 3 is 1.09 bits per heavy atom. The maximum Gasteiger partial charge on any atom is 0.409 e. The van der Waals surface area contributed by atoms with Crippen molar-refractivity contribution in [1.29, 1.82) is 0 Å². The summed E-state index contributed by atoms with van der Waals surface area (Å²) in [4.78, 5) is 13.3. The maximum atomic E-state index is 11.5. The van der Waals surface area contributed by atoms with Gasteiger partial charge in [0.25, 0.3) is 0 Å². The number of hydrogen-bond acceptors (Lipinski definition) is 2. The predicted octanol–water partition coefficient (Wildman–Crippen LogP) is 29.3. The molecule has 1 saturated heterocycles. The number of piperidine rings is 1. The van der Waals surface area contributed by atoms with Gasteiger partial charge in [0, 0.05) is 13.1 Å². The van der Waals surface area contributed by atoms with Crippen LogP contribution in [-0.4, -0.2) is 30.7 Å². The number of hydrogen-bond donors (Lipinski definition) is 0. The third kappa shape index (κ3) is 31.1. The molecule has 12 aliphatic rings. The van der Waals surface area contributed by atoms with Crippen molar-refractivity contribution < 1.29 is 9.53 Å². The molecule has 94 heavy (non-hydrogen) atoms. The Labute approximate surface area is 591 Å². The van der Waals surface area contributed by atoms with Crippen molar-refractivity contribution in [3.8, 4) is 0 Å². The van der Waals surface area contributed by atoms with E-state index in [4.69, 9.17) is 4.74 Å². The van der Waals surface area contributed by atoms with E-state index < -0.39 is 0 Å². The first-order valence-electron chi connectivity index (χ1n) is 42.1. The van der Waals surface area contributed by atoms with Gasteiger partial charge in [0.05, 0.1) is 6.61 Å². The fourth-order valence-corrected chi connectivity index (χ4v) is 21.4. The largest absolute Gasteiger partial charge is 0.450 e. The molecule has 11 fully saturated rings. The zero-order valence-corrected chi connectivity index (χ0v) is 68.7. The molecule has 1 aliphatic heterocycles. The van der Waals surface area contributed by atoms with Crippen molar-refractivity contribution in [2.24, 2.45) is 138 Å². The number of allylic oxidation sites excluding steroid dienone is 2. The standard InChI is InChI=1S/C12H23NO2.C12H22.C12H20.C12H22.C11H20.2C11H22.C10H20/c1-5-15-11(14)13-8-6-10(7-9-13)12(2,3)4;2*1-12(2,3)8-11-7-9-4-5-10(11)6-9;1-12(2,3)11-7-9-4-5-10(6-9)8-11;1-11(2,3)10-7-8-4-5-9(10)6-8;1-11(2,3)9-10-7-5-4-6-8-10;1-11(2,3)10-8-6-4-5-7-9-10;1-10(2,3)9-7-5-4-6-8-9/h10H,5-9H2,1-4H3;9-11H,4-8H2,1-3H3;4-5,9-11H,6-8H2,1-3H3;9-11H,4-8H2,1-3H3;8-10H,4-7H2,1-3H3;2*10H,4-9H2,1-3H3;9H,4-8H2,1-3H3. The third-order valence-electron chi connectivity index (χ3n) is 26.8. The van der Waals surface area contributed by atoms with E-state index in [-0.39, 0.29) is 6.09 Å². The first-order valence-corrected chi connectivity index (χ1v) is 42.1. The quantitative estimate of drug-likeness (QED) is 0.207. The molecule has 0 radical (unpaired) electrons. The van der Waals surface area contributed by atoms with E-state index >= 15 is 0 Å². The number of carbonyl (C=O) groups excluding carboxylic acids is 1. The summed E-state index contributed by atoms with van der Waals surface area (Å²) in [6.07, 6.45) is 58.0. The van der Waals surface area contributed by atoms with Gasteiger partial charge >= 0.3 is 6.09 Å². The molecule has 0 aromatic heterocycles. The minimum absolute atomic E-state index is 0.148. The van der Waals surface area contributed by atoms with Gasteiger partial charge in [0.15, 0.2) is 0 Å². The van der Waals surface area contributed by atoms with Crippen LogP contribution in [0, 0.1) is 138 Å². The van der Waals surface area contributed by atoms with Crippen LogP contribution < -0.4 is 0 Å². The second kappa shape index (κ2) is 37.3. The lowest BCUT2D eigenvalue weighted by atomic mass is 9.69. The Hall–Kier alpha value is -0.990. The molecule has 11 atom stereocenters. The van der Waals surface area contributed by atoms with E-state index in [9.17, 15) is 4.79 Å². The summed E-state index contributed by atoms with van der Waals surface area (Å²) in [5.74, 6) is 16.5. The first kappa shape index (κ1) is 83.7. The lowest BCUT2D eigenvalue weighted by Gasteiger charge is -2.38. The summed E-state index contributed by atoms with van der Waals surface area (Å²) in [7, 11) is 0. The average Bonchev–Trinajstić information content (AvgIpc) is 1.66. The van der Waals surface area contributed by atoms with Gasteiger partial charge in [-0.05, 0) is 273 Å². The van der Waals surface area contributed by atoms with Crippen molar-refractivity contribution >= 4 is 6.09 Å². The van der Waals surface area contributed by atoms with Gasteiger partial charge < -0.3 is 9.64 Å². The number of ether oxygens (including phenoxy) is 1. The van der Waals surface area contributed by atoms with E-state index in [1.807, 2.05) is 11.8 Å². The zero-order valence-electron chi connectivity index (χ0n) is 68.7. The lowest BCUT2D eigenvalue weighted by Crippen LogP contribution is -2.41. The Balaban J connectivity index is 0.000000195. The van der Waals surface area contributed by atoms with Crippen LogP contribution in [0.1, 0.15) is 404 Å². The molecule has 11 unspecified atom stereocenters. The van der Waals surface area contributed by atoms with Crippen molar-refractivity contribution in [3.05, 3.63) is 12.2 Å². The molecule has 12 rings (SSSR count). The van der Waals surface area contributed by atoms with Crippen LogP contribution >= 0.6 is 0 Å². The van der Waals surface area contributed by atoms with Gasteiger partial charge in [-0.3, -0.25) is 0 Å².